The van der Waals surface area contributed by atoms with E-state index in [4.69, 9.17) is 0 Å². The minimum Gasteiger partial charge on any atom is -0.360 e. The molecule has 0 saturated carbocycles. The van der Waals surface area contributed by atoms with Crippen LogP contribution in [0.4, 0.5) is 5.13 Å². The fraction of sp³-hybridized carbons (Fsp3) is 0.500. The molecule has 6 nitrogen and oxygen atoms in total. The van der Waals surface area contributed by atoms with E-state index in [1.807, 2.05) is 18.5 Å². The second-order valence-corrected chi connectivity index (χ2v) is 5.05. The van der Waals surface area contributed by atoms with Gasteiger partial charge in [-0.25, -0.2) is 0 Å². The van der Waals surface area contributed by atoms with E-state index < -0.39 is 0 Å². The third-order valence-corrected chi connectivity index (χ3v) is 3.90. The Kier molecular flexibility index (Phi) is 3.73. The normalized spacial score (nSPS) is 10.6. The Bertz CT molecular complexity index is 451. The average molecular weight is 256 g/mol. The predicted octanol–water partition coefficient (Wildman–Crippen LogP) is 1.39. The first-order valence-corrected chi connectivity index (χ1v) is 6.63. The van der Waals surface area contributed by atoms with Gasteiger partial charge in [-0.15, -0.1) is 20.4 Å². The van der Waals surface area contributed by atoms with Crippen LogP contribution >= 0.6 is 23.1 Å². The summed E-state index contributed by atoms with van der Waals surface area (Å²) in [5.74, 6) is 0.773. The van der Waals surface area contributed by atoms with Gasteiger partial charge in [-0.05, 0) is 6.92 Å². The van der Waals surface area contributed by atoms with Gasteiger partial charge in [-0.3, -0.25) is 0 Å². The van der Waals surface area contributed by atoms with Gasteiger partial charge in [0.1, 0.15) is 11.3 Å². The molecule has 8 heteroatoms. The van der Waals surface area contributed by atoms with Crippen molar-refractivity contribution < 1.29 is 0 Å². The van der Waals surface area contributed by atoms with Crippen molar-refractivity contribution in [2.75, 3.05) is 11.9 Å². The second-order valence-electron chi connectivity index (χ2n) is 3.04. The summed E-state index contributed by atoms with van der Waals surface area (Å²) in [5, 5.41) is 21.8. The highest BCUT2D eigenvalue weighted by Gasteiger charge is 2.06. The molecule has 0 spiro atoms. The lowest BCUT2D eigenvalue weighted by Crippen LogP contribution is -1.94. The molecule has 0 atom stereocenters. The number of aryl methyl sites for hydroxylation is 1. The number of hydrogen-bond donors (Lipinski definition) is 1. The third kappa shape index (κ3) is 2.70. The fourth-order valence-electron chi connectivity index (χ4n) is 1.06. The lowest BCUT2D eigenvalue weighted by molar-refractivity contribution is 0.788. The molecular weight excluding hydrogens is 244 g/mol. The molecule has 2 heterocycles. The molecule has 0 fully saturated rings. The summed E-state index contributed by atoms with van der Waals surface area (Å²) in [6.45, 7) is 2.90. The number of nitrogens with one attached hydrogen (secondary N) is 1. The average Bonchev–Trinajstić information content (AvgIpc) is 2.86. The van der Waals surface area contributed by atoms with Crippen LogP contribution in [0.3, 0.4) is 0 Å². The Hall–Kier alpha value is -1.15. The molecule has 1 N–H and O–H groups in total. The maximum atomic E-state index is 4.09. The summed E-state index contributed by atoms with van der Waals surface area (Å²) in [5.41, 5.74) is 0. The van der Waals surface area contributed by atoms with Crippen LogP contribution in [0.15, 0.2) is 11.5 Å². The molecule has 0 aromatic carbocycles. The van der Waals surface area contributed by atoms with Crippen molar-refractivity contribution in [3.05, 3.63) is 11.3 Å². The van der Waals surface area contributed by atoms with E-state index in [0.717, 1.165) is 27.6 Å². The summed E-state index contributed by atoms with van der Waals surface area (Å²) < 4.78 is 1.89. The molecule has 0 amide bonds. The van der Waals surface area contributed by atoms with Crippen molar-refractivity contribution in [2.45, 2.75) is 17.8 Å². The van der Waals surface area contributed by atoms with Crippen molar-refractivity contribution >= 4 is 28.2 Å². The fourth-order valence-corrected chi connectivity index (χ4v) is 2.75. The van der Waals surface area contributed by atoms with Gasteiger partial charge >= 0.3 is 0 Å². The van der Waals surface area contributed by atoms with Gasteiger partial charge in [0, 0.05) is 13.6 Å². The zero-order valence-electron chi connectivity index (χ0n) is 9.04. The number of aromatic nitrogens is 5. The second kappa shape index (κ2) is 5.26. The van der Waals surface area contributed by atoms with Crippen LogP contribution in [-0.2, 0) is 12.8 Å². The molecule has 0 aliphatic carbocycles. The maximum absolute atomic E-state index is 4.09. The SMILES string of the molecule is CCNc1nnc(CSc2nncn2C)s1. The quantitative estimate of drug-likeness (QED) is 0.815. The first-order valence-electron chi connectivity index (χ1n) is 4.82. The summed E-state index contributed by atoms with van der Waals surface area (Å²) in [6.07, 6.45) is 1.69. The van der Waals surface area contributed by atoms with E-state index in [1.54, 1.807) is 29.4 Å². The van der Waals surface area contributed by atoms with Gasteiger partial charge in [0.25, 0.3) is 0 Å². The molecule has 0 aliphatic heterocycles. The van der Waals surface area contributed by atoms with Crippen LogP contribution < -0.4 is 5.32 Å². The number of hydrogen-bond acceptors (Lipinski definition) is 7. The van der Waals surface area contributed by atoms with E-state index in [-0.39, 0.29) is 0 Å². The molecule has 0 aliphatic rings. The van der Waals surface area contributed by atoms with Crippen molar-refractivity contribution in [1.29, 1.82) is 0 Å². The number of thioether (sulfide) groups is 1. The van der Waals surface area contributed by atoms with Gasteiger partial charge in [-0.2, -0.15) is 0 Å². The molecule has 2 aromatic heterocycles. The van der Waals surface area contributed by atoms with Gasteiger partial charge in [0.05, 0.1) is 5.75 Å². The standard InChI is InChI=1S/C8H12N6S2/c1-3-9-7-12-11-6(16-7)4-15-8-13-10-5-14(8)2/h5H,3-4H2,1-2H3,(H,9,12). The van der Waals surface area contributed by atoms with E-state index >= 15 is 0 Å². The first-order chi connectivity index (χ1) is 7.79. The molecule has 0 radical (unpaired) electrons. The van der Waals surface area contributed by atoms with Gasteiger partial charge in [0.15, 0.2) is 5.16 Å². The molecule has 2 rings (SSSR count). The largest absolute Gasteiger partial charge is 0.360 e. The highest BCUT2D eigenvalue weighted by Crippen LogP contribution is 2.23. The van der Waals surface area contributed by atoms with Gasteiger partial charge in [0.2, 0.25) is 5.13 Å². The van der Waals surface area contributed by atoms with Crippen LogP contribution in [0.1, 0.15) is 11.9 Å². The van der Waals surface area contributed by atoms with Crippen LogP contribution in [-0.4, -0.2) is 31.5 Å². The maximum Gasteiger partial charge on any atom is 0.205 e. The molecule has 2 aromatic rings. The van der Waals surface area contributed by atoms with Gasteiger partial charge < -0.3 is 9.88 Å². The smallest absolute Gasteiger partial charge is 0.205 e. The van der Waals surface area contributed by atoms with Crippen LogP contribution in [0.25, 0.3) is 0 Å². The highest BCUT2D eigenvalue weighted by molar-refractivity contribution is 7.98. The Morgan fingerprint density at radius 2 is 2.31 bits per heavy atom. The molecule has 0 saturated heterocycles. The van der Waals surface area contributed by atoms with E-state index in [0.29, 0.717) is 0 Å². The number of anilines is 1. The highest BCUT2D eigenvalue weighted by atomic mass is 32.2. The van der Waals surface area contributed by atoms with Crippen LogP contribution in [0.5, 0.6) is 0 Å². The van der Waals surface area contributed by atoms with E-state index in [1.165, 1.54) is 0 Å². The molecule has 16 heavy (non-hydrogen) atoms. The Morgan fingerprint density at radius 1 is 1.44 bits per heavy atom. The lowest BCUT2D eigenvalue weighted by Gasteiger charge is -1.96. The molecular formula is C8H12N6S2. The van der Waals surface area contributed by atoms with Crippen LogP contribution in [0, 0.1) is 0 Å². The molecule has 0 unspecified atom stereocenters. The third-order valence-electron chi connectivity index (χ3n) is 1.79. The topological polar surface area (TPSA) is 68.5 Å². The summed E-state index contributed by atoms with van der Waals surface area (Å²) in [6, 6.07) is 0. The lowest BCUT2D eigenvalue weighted by atomic mass is 10.8. The zero-order valence-corrected chi connectivity index (χ0v) is 10.7. The number of nitrogens with zero attached hydrogens (tertiary/aromatic N) is 5. The molecule has 0 bridgehead atoms. The minimum atomic E-state index is 0.773. The van der Waals surface area contributed by atoms with Crippen LogP contribution in [0.2, 0.25) is 0 Å². The molecule has 86 valence electrons. The van der Waals surface area contributed by atoms with Gasteiger partial charge in [-0.1, -0.05) is 23.1 Å². The number of rotatable bonds is 5. The van der Waals surface area contributed by atoms with Crippen molar-refractivity contribution in [2.24, 2.45) is 7.05 Å². The summed E-state index contributed by atoms with van der Waals surface area (Å²) >= 11 is 3.18. The monoisotopic (exact) mass is 256 g/mol. The van der Waals surface area contributed by atoms with E-state index in [2.05, 4.69) is 25.7 Å². The Labute approximate surface area is 101 Å². The summed E-state index contributed by atoms with van der Waals surface area (Å²) in [7, 11) is 1.92. The Morgan fingerprint density at radius 3 is 3.00 bits per heavy atom. The zero-order chi connectivity index (χ0) is 11.4. The van der Waals surface area contributed by atoms with Crippen molar-refractivity contribution in [3.63, 3.8) is 0 Å². The predicted molar refractivity (Wildman–Crippen MR) is 64.6 cm³/mol. The minimum absolute atomic E-state index is 0.773. The first kappa shape index (κ1) is 11.3. The van der Waals surface area contributed by atoms with Crippen molar-refractivity contribution in [3.8, 4) is 0 Å². The Balaban J connectivity index is 1.92. The summed E-state index contributed by atoms with van der Waals surface area (Å²) in [4.78, 5) is 0. The van der Waals surface area contributed by atoms with E-state index in [9.17, 15) is 0 Å². The van der Waals surface area contributed by atoms with Crippen molar-refractivity contribution in [1.82, 2.24) is 25.0 Å².